The molecule has 1 unspecified atom stereocenters. The van der Waals surface area contributed by atoms with Gasteiger partial charge in [0.15, 0.2) is 0 Å². The molecule has 2 fully saturated rings. The van der Waals surface area contributed by atoms with E-state index in [4.69, 9.17) is 9.47 Å². The average Bonchev–Trinajstić information content (AvgIpc) is 2.90. The number of nitrogens with zero attached hydrogens (tertiary/aromatic N) is 1. The van der Waals surface area contributed by atoms with Crippen LogP contribution < -0.4 is 0 Å². The van der Waals surface area contributed by atoms with Crippen LogP contribution in [0.5, 0.6) is 0 Å². The van der Waals surface area contributed by atoms with Gasteiger partial charge >= 0.3 is 5.97 Å². The molecule has 2 heterocycles. The Morgan fingerprint density at radius 3 is 2.63 bits per heavy atom. The first-order valence-electron chi connectivity index (χ1n) is 6.82. The van der Waals surface area contributed by atoms with E-state index >= 15 is 0 Å². The molecular weight excluding hydrogens is 270 g/mol. The lowest BCUT2D eigenvalue weighted by Crippen LogP contribution is -2.47. The van der Waals surface area contributed by atoms with Crippen LogP contribution >= 0.6 is 0 Å². The monoisotopic (exact) mass is 291 g/mol. The maximum atomic E-state index is 12.6. The fourth-order valence-corrected chi connectivity index (χ4v) is 4.78. The van der Waals surface area contributed by atoms with Crippen LogP contribution in [-0.4, -0.2) is 56.3 Å². The van der Waals surface area contributed by atoms with Crippen molar-refractivity contribution in [3.8, 4) is 0 Å². The lowest BCUT2D eigenvalue weighted by Gasteiger charge is -2.29. The summed E-state index contributed by atoms with van der Waals surface area (Å²) in [6.45, 7) is 3.37. The van der Waals surface area contributed by atoms with Crippen molar-refractivity contribution in [1.82, 2.24) is 4.31 Å². The Balaban J connectivity index is 2.11. The van der Waals surface area contributed by atoms with Crippen molar-refractivity contribution >= 4 is 16.0 Å². The molecule has 110 valence electrons. The Kier molecular flexibility index (Phi) is 4.81. The van der Waals surface area contributed by atoms with Crippen LogP contribution in [0.15, 0.2) is 0 Å². The molecule has 2 saturated heterocycles. The van der Waals surface area contributed by atoms with Crippen LogP contribution in [-0.2, 0) is 24.3 Å². The number of hydrogen-bond donors (Lipinski definition) is 0. The normalized spacial score (nSPS) is 26.5. The molecule has 0 aromatic heterocycles. The summed E-state index contributed by atoms with van der Waals surface area (Å²) >= 11 is 0. The highest BCUT2D eigenvalue weighted by molar-refractivity contribution is 7.89. The minimum Gasteiger partial charge on any atom is -0.465 e. The zero-order chi connectivity index (χ0) is 13.9. The maximum Gasteiger partial charge on any atom is 0.324 e. The first kappa shape index (κ1) is 14.7. The molecule has 6 nitrogen and oxygen atoms in total. The second-order valence-corrected chi connectivity index (χ2v) is 7.04. The van der Waals surface area contributed by atoms with Gasteiger partial charge in [0.1, 0.15) is 6.04 Å². The van der Waals surface area contributed by atoms with E-state index < -0.39 is 27.3 Å². The van der Waals surface area contributed by atoms with Crippen molar-refractivity contribution in [1.29, 1.82) is 0 Å². The van der Waals surface area contributed by atoms with Crippen molar-refractivity contribution in [3.63, 3.8) is 0 Å². The summed E-state index contributed by atoms with van der Waals surface area (Å²) in [5, 5.41) is -0.420. The van der Waals surface area contributed by atoms with Gasteiger partial charge in [-0.15, -0.1) is 0 Å². The second kappa shape index (κ2) is 6.19. The first-order valence-corrected chi connectivity index (χ1v) is 8.32. The van der Waals surface area contributed by atoms with Crippen LogP contribution in [0.3, 0.4) is 0 Å². The van der Waals surface area contributed by atoms with Crippen molar-refractivity contribution in [3.05, 3.63) is 0 Å². The van der Waals surface area contributed by atoms with Gasteiger partial charge < -0.3 is 9.47 Å². The molecule has 0 bridgehead atoms. The Labute approximate surface area is 114 Å². The number of hydrogen-bond acceptors (Lipinski definition) is 5. The molecule has 0 N–H and O–H groups in total. The van der Waals surface area contributed by atoms with E-state index in [2.05, 4.69) is 0 Å². The predicted octanol–water partition coefficient (Wildman–Crippen LogP) is 0.523. The number of rotatable bonds is 4. The molecule has 2 aliphatic rings. The van der Waals surface area contributed by atoms with E-state index in [1.807, 2.05) is 0 Å². The van der Waals surface area contributed by atoms with Crippen molar-refractivity contribution in [2.24, 2.45) is 0 Å². The molecule has 0 saturated carbocycles. The van der Waals surface area contributed by atoms with Crippen molar-refractivity contribution in [2.75, 3.05) is 26.4 Å². The van der Waals surface area contributed by atoms with Crippen LogP contribution in [0, 0.1) is 0 Å². The fourth-order valence-electron chi connectivity index (χ4n) is 2.68. The fraction of sp³-hybridized carbons (Fsp3) is 0.917. The van der Waals surface area contributed by atoms with Gasteiger partial charge in [-0.3, -0.25) is 4.79 Å². The molecule has 0 amide bonds. The van der Waals surface area contributed by atoms with E-state index in [1.54, 1.807) is 6.92 Å². The average molecular weight is 291 g/mol. The zero-order valence-electron chi connectivity index (χ0n) is 11.2. The van der Waals surface area contributed by atoms with Crippen LogP contribution in [0.1, 0.15) is 32.6 Å². The van der Waals surface area contributed by atoms with E-state index in [-0.39, 0.29) is 6.61 Å². The zero-order valence-corrected chi connectivity index (χ0v) is 12.0. The molecular formula is C12H21NO5S. The molecule has 1 atom stereocenters. The number of carbonyl (C=O) groups excluding carboxylic acids is 1. The molecule has 2 rings (SSSR count). The summed E-state index contributed by atoms with van der Waals surface area (Å²) in [4.78, 5) is 11.8. The lowest BCUT2D eigenvalue weighted by molar-refractivity contribution is -0.146. The summed E-state index contributed by atoms with van der Waals surface area (Å²) in [6.07, 6.45) is 2.29. The van der Waals surface area contributed by atoms with E-state index in [9.17, 15) is 13.2 Å². The van der Waals surface area contributed by atoms with Gasteiger partial charge in [0, 0.05) is 19.8 Å². The minimum atomic E-state index is -3.42. The standard InChI is InChI=1S/C12H21NO5S/c1-2-18-12(14)11-4-3-7-13(11)19(15,16)10-5-8-17-9-6-10/h10-11H,2-9H2,1H3. The third kappa shape index (κ3) is 3.09. The smallest absolute Gasteiger partial charge is 0.324 e. The molecule has 0 aromatic carbocycles. The number of esters is 1. The van der Waals surface area contributed by atoms with Gasteiger partial charge in [0.25, 0.3) is 0 Å². The highest BCUT2D eigenvalue weighted by Gasteiger charge is 2.43. The Morgan fingerprint density at radius 1 is 1.32 bits per heavy atom. The Bertz CT molecular complexity index is 416. The molecule has 0 radical (unpaired) electrons. The summed E-state index contributed by atoms with van der Waals surface area (Å²) in [5.41, 5.74) is 0. The lowest BCUT2D eigenvalue weighted by atomic mass is 10.2. The van der Waals surface area contributed by atoms with E-state index in [0.29, 0.717) is 45.4 Å². The van der Waals surface area contributed by atoms with Gasteiger partial charge in [-0.2, -0.15) is 4.31 Å². The second-order valence-electron chi connectivity index (χ2n) is 4.88. The van der Waals surface area contributed by atoms with Gasteiger partial charge in [-0.25, -0.2) is 8.42 Å². The predicted molar refractivity (Wildman–Crippen MR) is 69.1 cm³/mol. The van der Waals surface area contributed by atoms with Gasteiger partial charge in [0.2, 0.25) is 10.0 Å². The summed E-state index contributed by atoms with van der Waals surface area (Å²) in [6, 6.07) is -0.632. The largest absolute Gasteiger partial charge is 0.465 e. The van der Waals surface area contributed by atoms with E-state index in [1.165, 1.54) is 4.31 Å². The molecule has 7 heteroatoms. The highest BCUT2D eigenvalue weighted by atomic mass is 32.2. The van der Waals surface area contributed by atoms with Crippen LogP contribution in [0.2, 0.25) is 0 Å². The Morgan fingerprint density at radius 2 is 2.00 bits per heavy atom. The van der Waals surface area contributed by atoms with Crippen LogP contribution in [0.4, 0.5) is 0 Å². The van der Waals surface area contributed by atoms with Gasteiger partial charge in [0.05, 0.1) is 11.9 Å². The quantitative estimate of drug-likeness (QED) is 0.706. The molecule has 0 aromatic rings. The molecule has 0 aliphatic carbocycles. The minimum absolute atomic E-state index is 0.278. The van der Waals surface area contributed by atoms with Gasteiger partial charge in [-0.1, -0.05) is 0 Å². The number of ether oxygens (including phenoxy) is 2. The topological polar surface area (TPSA) is 72.9 Å². The highest BCUT2D eigenvalue weighted by Crippen LogP contribution is 2.28. The third-order valence-electron chi connectivity index (χ3n) is 3.68. The Hall–Kier alpha value is -0.660. The summed E-state index contributed by atoms with van der Waals surface area (Å²) < 4.78 is 36.7. The maximum absolute atomic E-state index is 12.6. The molecule has 19 heavy (non-hydrogen) atoms. The SMILES string of the molecule is CCOC(=O)C1CCCN1S(=O)(=O)C1CCOCC1. The summed E-state index contributed by atoms with van der Waals surface area (Å²) in [7, 11) is -3.42. The first-order chi connectivity index (χ1) is 9.07. The molecule has 2 aliphatic heterocycles. The molecule has 0 spiro atoms. The third-order valence-corrected chi connectivity index (χ3v) is 6.08. The van der Waals surface area contributed by atoms with Crippen molar-refractivity contribution < 1.29 is 22.7 Å². The van der Waals surface area contributed by atoms with Gasteiger partial charge in [-0.05, 0) is 32.6 Å². The number of carbonyl (C=O) groups is 1. The van der Waals surface area contributed by atoms with E-state index in [0.717, 1.165) is 0 Å². The summed E-state index contributed by atoms with van der Waals surface area (Å²) in [5.74, 6) is -0.421. The van der Waals surface area contributed by atoms with Crippen molar-refractivity contribution in [2.45, 2.75) is 43.9 Å². The number of sulfonamides is 1. The van der Waals surface area contributed by atoms with Crippen LogP contribution in [0.25, 0.3) is 0 Å².